The Morgan fingerprint density at radius 3 is 2.19 bits per heavy atom. The second-order valence-corrected chi connectivity index (χ2v) is 5.35. The maximum absolute atomic E-state index is 11.7. The lowest BCUT2D eigenvalue weighted by Crippen LogP contribution is -2.49. The number of aliphatic carboxylic acids is 1. The van der Waals surface area contributed by atoms with E-state index in [1.165, 1.54) is 6.92 Å². The smallest absolute Gasteiger partial charge is 0.334 e. The minimum absolute atomic E-state index is 0.0494. The summed E-state index contributed by atoms with van der Waals surface area (Å²) in [6.07, 6.45) is 0.734. The highest BCUT2D eigenvalue weighted by Crippen LogP contribution is 2.01. The fourth-order valence-electron chi connectivity index (χ4n) is 1.31. The average molecular weight is 412 g/mol. The normalized spacial score (nSPS) is 11.3. The number of halogens is 1. The molecule has 0 unspecified atom stereocenters. The van der Waals surface area contributed by atoms with Crippen molar-refractivity contribution in [2.75, 3.05) is 6.54 Å². The van der Waals surface area contributed by atoms with Crippen LogP contribution in [0.4, 0.5) is 0 Å². The van der Waals surface area contributed by atoms with Crippen LogP contribution in [0.5, 0.6) is 0 Å². The van der Waals surface area contributed by atoms with Gasteiger partial charge in [-0.1, -0.05) is 6.92 Å². The predicted molar refractivity (Wildman–Crippen MR) is 80.8 cm³/mol. The molecule has 0 rings (SSSR count). The molecule has 0 radical (unpaired) electrons. The van der Waals surface area contributed by atoms with E-state index in [1.54, 1.807) is 22.6 Å². The second-order valence-electron chi connectivity index (χ2n) is 4.14. The summed E-state index contributed by atoms with van der Waals surface area (Å²) in [4.78, 5) is 55.8. The molecule has 0 saturated carbocycles. The maximum Gasteiger partial charge on any atom is 0.334 e. The third kappa shape index (κ3) is 9.10. The Morgan fingerprint density at radius 2 is 1.71 bits per heavy atom. The third-order valence-electron chi connectivity index (χ3n) is 2.43. The first kappa shape index (κ1) is 19.5. The molecule has 0 aromatic rings. The predicted octanol–water partition coefficient (Wildman–Crippen LogP) is -0.217. The summed E-state index contributed by atoms with van der Waals surface area (Å²) in [5, 5.41) is 13.2. The van der Waals surface area contributed by atoms with Crippen LogP contribution < -0.4 is 10.6 Å². The summed E-state index contributed by atoms with van der Waals surface area (Å²) >= 11 is 1.62. The Kier molecular flexibility index (Phi) is 9.50. The van der Waals surface area contributed by atoms with Gasteiger partial charge < -0.3 is 15.7 Å². The lowest BCUT2D eigenvalue weighted by atomic mass is 10.1. The topological polar surface area (TPSA) is 130 Å². The first-order valence-electron chi connectivity index (χ1n) is 6.27. The van der Waals surface area contributed by atoms with E-state index >= 15 is 0 Å². The number of carbonyl (C=O) groups is 5. The van der Waals surface area contributed by atoms with Gasteiger partial charge in [0, 0.05) is 19.3 Å². The number of ketones is 1. The van der Waals surface area contributed by atoms with E-state index in [9.17, 15) is 24.0 Å². The molecule has 21 heavy (non-hydrogen) atoms. The van der Waals surface area contributed by atoms with E-state index in [0.717, 1.165) is 0 Å². The molecular weight excluding hydrogens is 395 g/mol. The van der Waals surface area contributed by atoms with Gasteiger partial charge in [-0.15, -0.1) is 0 Å². The molecule has 1 atom stereocenters. The number of nitrogens with one attached hydrogen (secondary N) is 2. The number of hydrogen-bond acceptors (Lipinski definition) is 5. The zero-order chi connectivity index (χ0) is 16.4. The highest BCUT2D eigenvalue weighted by atomic mass is 127. The first-order chi connectivity index (χ1) is 9.77. The highest BCUT2D eigenvalue weighted by molar-refractivity contribution is 14.1. The molecule has 0 heterocycles. The summed E-state index contributed by atoms with van der Waals surface area (Å²) in [7, 11) is 0. The third-order valence-corrected chi connectivity index (χ3v) is 2.97. The van der Waals surface area contributed by atoms with Crippen LogP contribution in [0.2, 0.25) is 0 Å². The summed E-state index contributed by atoms with van der Waals surface area (Å²) < 4.78 is -0.0651. The molecule has 2 amide bonds. The van der Waals surface area contributed by atoms with Crippen LogP contribution in [-0.2, 0) is 24.0 Å². The van der Waals surface area contributed by atoms with E-state index < -0.39 is 36.2 Å². The van der Waals surface area contributed by atoms with Crippen molar-refractivity contribution in [2.45, 2.75) is 38.6 Å². The van der Waals surface area contributed by atoms with Gasteiger partial charge in [0.25, 0.3) is 0 Å². The van der Waals surface area contributed by atoms with E-state index in [2.05, 4.69) is 10.6 Å². The van der Waals surface area contributed by atoms with Crippen LogP contribution in [0.3, 0.4) is 0 Å². The van der Waals surface area contributed by atoms with Gasteiger partial charge in [0.15, 0.2) is 15.6 Å². The number of amides is 2. The Bertz CT molecular complexity index is 437. The summed E-state index contributed by atoms with van der Waals surface area (Å²) in [6.45, 7) is 1.03. The number of carboxylic acids is 1. The van der Waals surface area contributed by atoms with Crippen molar-refractivity contribution in [3.05, 3.63) is 0 Å². The van der Waals surface area contributed by atoms with E-state index in [4.69, 9.17) is 5.11 Å². The fraction of sp³-hybridized carbons (Fsp3) is 0.583. The van der Waals surface area contributed by atoms with Crippen LogP contribution in [0, 0.1) is 0 Å². The lowest BCUT2D eigenvalue weighted by molar-refractivity contribution is -0.146. The summed E-state index contributed by atoms with van der Waals surface area (Å²) in [5.41, 5.74) is 0. The number of hydrogen-bond donors (Lipinski definition) is 3. The molecular formula is C12H17IN2O6. The van der Waals surface area contributed by atoms with E-state index in [1.807, 2.05) is 0 Å². The molecule has 0 aromatic heterocycles. The number of carboxylic acid groups (broad SMARTS) is 1. The highest BCUT2D eigenvalue weighted by Gasteiger charge is 2.27. The average Bonchev–Trinajstić information content (AvgIpc) is 2.40. The molecule has 8 nitrogen and oxygen atoms in total. The first-order valence-corrected chi connectivity index (χ1v) is 7.35. The van der Waals surface area contributed by atoms with Crippen molar-refractivity contribution < 1.29 is 29.1 Å². The monoisotopic (exact) mass is 412 g/mol. The van der Waals surface area contributed by atoms with Crippen molar-refractivity contribution in [1.82, 2.24) is 10.6 Å². The van der Waals surface area contributed by atoms with Gasteiger partial charge in [-0.25, -0.2) is 4.79 Å². The van der Waals surface area contributed by atoms with Crippen molar-refractivity contribution in [2.24, 2.45) is 0 Å². The quantitative estimate of drug-likeness (QED) is 0.259. The van der Waals surface area contributed by atoms with Gasteiger partial charge in [-0.2, -0.15) is 0 Å². The Labute approximate surface area is 135 Å². The maximum atomic E-state index is 11.7. The SMILES string of the molecule is CCC(=O)N[C@@H](C(=O)O)C(=O)CNC(=O)CCCC(=O)I. The molecule has 118 valence electrons. The number of Topliss-reactive ketones (excluding diaryl/α,β-unsaturated/α-hetero) is 1. The molecule has 0 bridgehead atoms. The molecule has 0 aliphatic carbocycles. The molecule has 0 fully saturated rings. The van der Waals surface area contributed by atoms with E-state index in [0.29, 0.717) is 6.42 Å². The molecule has 0 aliphatic heterocycles. The Hall–Kier alpha value is -1.52. The lowest BCUT2D eigenvalue weighted by Gasteiger charge is -2.13. The van der Waals surface area contributed by atoms with Gasteiger partial charge in [-0.05, 0) is 29.0 Å². The zero-order valence-electron chi connectivity index (χ0n) is 11.5. The van der Waals surface area contributed by atoms with Crippen molar-refractivity contribution in [3.8, 4) is 0 Å². The van der Waals surface area contributed by atoms with Gasteiger partial charge in [-0.3, -0.25) is 19.2 Å². The van der Waals surface area contributed by atoms with Crippen LogP contribution in [0.1, 0.15) is 32.6 Å². The van der Waals surface area contributed by atoms with Gasteiger partial charge in [0.1, 0.15) is 0 Å². The minimum Gasteiger partial charge on any atom is -0.479 e. The van der Waals surface area contributed by atoms with Crippen LogP contribution in [0.25, 0.3) is 0 Å². The standard InChI is InChI=1S/C12H17IN2O6/c1-2-9(18)15-11(12(20)21)7(16)6-14-10(19)5-3-4-8(13)17/h11H,2-6H2,1H3,(H,14,19)(H,15,18)(H,20,21)/t11-/m1/s1. The molecule has 0 aliphatic rings. The Balaban J connectivity index is 4.25. The molecule has 9 heteroatoms. The van der Waals surface area contributed by atoms with Crippen molar-refractivity contribution in [1.29, 1.82) is 0 Å². The largest absolute Gasteiger partial charge is 0.479 e. The van der Waals surface area contributed by atoms with E-state index in [-0.39, 0.29) is 23.1 Å². The van der Waals surface area contributed by atoms with Gasteiger partial charge in [0.2, 0.25) is 11.8 Å². The number of carbonyl (C=O) groups excluding carboxylic acids is 4. The minimum atomic E-state index is -1.67. The number of rotatable bonds is 10. The molecule has 3 N–H and O–H groups in total. The second kappa shape index (κ2) is 10.2. The van der Waals surface area contributed by atoms with Crippen LogP contribution >= 0.6 is 22.6 Å². The summed E-state index contributed by atoms with van der Waals surface area (Å²) in [6, 6.07) is -1.67. The zero-order valence-corrected chi connectivity index (χ0v) is 13.6. The van der Waals surface area contributed by atoms with Crippen LogP contribution in [-0.4, -0.2) is 45.1 Å². The molecule has 0 spiro atoms. The van der Waals surface area contributed by atoms with Crippen molar-refractivity contribution >= 4 is 49.9 Å². The Morgan fingerprint density at radius 1 is 1.10 bits per heavy atom. The molecule has 0 saturated heterocycles. The van der Waals surface area contributed by atoms with Gasteiger partial charge in [0.05, 0.1) is 6.54 Å². The van der Waals surface area contributed by atoms with Crippen LogP contribution in [0.15, 0.2) is 0 Å². The van der Waals surface area contributed by atoms with Crippen molar-refractivity contribution in [3.63, 3.8) is 0 Å². The summed E-state index contributed by atoms with van der Waals surface area (Å²) in [5.74, 6) is -3.32. The molecule has 0 aromatic carbocycles. The fourth-order valence-corrected chi connectivity index (χ4v) is 1.69. The van der Waals surface area contributed by atoms with Gasteiger partial charge >= 0.3 is 5.97 Å².